The Morgan fingerprint density at radius 1 is 1.21 bits per heavy atom. The maximum atomic E-state index is 13.1. The number of aryl methyl sites for hydroxylation is 2. The number of halogens is 1. The van der Waals surface area contributed by atoms with Gasteiger partial charge >= 0.3 is 0 Å². The molecular formula is C22H20FN3O2S. The van der Waals surface area contributed by atoms with E-state index in [1.165, 1.54) is 23.5 Å². The van der Waals surface area contributed by atoms with Crippen molar-refractivity contribution < 1.29 is 13.9 Å². The molecule has 2 aromatic carbocycles. The first-order valence-corrected chi connectivity index (χ1v) is 10.0. The Kier molecular flexibility index (Phi) is 5.31. The summed E-state index contributed by atoms with van der Waals surface area (Å²) < 4.78 is 20.6. The van der Waals surface area contributed by atoms with Crippen LogP contribution in [0.1, 0.15) is 16.1 Å². The standard InChI is InChI=1S/C22H20FN3O2S/c1-14-4-3-5-18(10-14)28-13-21(27)24-11-20-15(2)26-12-19(25-22(26)29-20)16-6-8-17(23)9-7-16/h3-10,12H,11,13H2,1-2H3,(H,24,27). The zero-order valence-electron chi connectivity index (χ0n) is 16.1. The van der Waals surface area contributed by atoms with Crippen LogP contribution in [0.2, 0.25) is 0 Å². The summed E-state index contributed by atoms with van der Waals surface area (Å²) in [7, 11) is 0. The highest BCUT2D eigenvalue weighted by atomic mass is 32.1. The molecule has 29 heavy (non-hydrogen) atoms. The summed E-state index contributed by atoms with van der Waals surface area (Å²) in [5.41, 5.74) is 3.76. The second kappa shape index (κ2) is 8.05. The lowest BCUT2D eigenvalue weighted by atomic mass is 10.2. The molecule has 4 aromatic rings. The molecule has 0 radical (unpaired) electrons. The number of fused-ring (bicyclic) bond motifs is 1. The summed E-state index contributed by atoms with van der Waals surface area (Å²) in [5, 5.41) is 2.89. The highest BCUT2D eigenvalue weighted by Gasteiger charge is 2.14. The van der Waals surface area contributed by atoms with Crippen molar-refractivity contribution in [3.63, 3.8) is 0 Å². The third-order valence-corrected chi connectivity index (χ3v) is 5.76. The predicted octanol–water partition coefficient (Wildman–Crippen LogP) is 4.51. The van der Waals surface area contributed by atoms with Gasteiger partial charge in [-0.25, -0.2) is 9.37 Å². The molecule has 0 spiro atoms. The van der Waals surface area contributed by atoms with Gasteiger partial charge in [-0.15, -0.1) is 0 Å². The number of hydrogen-bond acceptors (Lipinski definition) is 4. The Morgan fingerprint density at radius 3 is 2.72 bits per heavy atom. The molecule has 0 aliphatic rings. The molecule has 0 saturated heterocycles. The first kappa shape index (κ1) is 19.1. The molecule has 0 fully saturated rings. The summed E-state index contributed by atoms with van der Waals surface area (Å²) >= 11 is 1.52. The monoisotopic (exact) mass is 409 g/mol. The van der Waals surface area contributed by atoms with Crippen LogP contribution in [0.15, 0.2) is 54.7 Å². The van der Waals surface area contributed by atoms with E-state index in [-0.39, 0.29) is 18.3 Å². The zero-order valence-corrected chi connectivity index (χ0v) is 16.9. The quantitative estimate of drug-likeness (QED) is 0.510. The topological polar surface area (TPSA) is 55.6 Å². The van der Waals surface area contributed by atoms with Gasteiger partial charge in [-0.05, 0) is 55.8 Å². The maximum Gasteiger partial charge on any atom is 0.258 e. The molecule has 1 N–H and O–H groups in total. The van der Waals surface area contributed by atoms with E-state index < -0.39 is 0 Å². The third kappa shape index (κ3) is 4.30. The number of imidazole rings is 1. The molecule has 148 valence electrons. The van der Waals surface area contributed by atoms with E-state index in [2.05, 4.69) is 10.3 Å². The van der Waals surface area contributed by atoms with Crippen molar-refractivity contribution in [2.75, 3.05) is 6.61 Å². The van der Waals surface area contributed by atoms with Crippen molar-refractivity contribution in [2.45, 2.75) is 20.4 Å². The molecule has 2 aromatic heterocycles. The first-order chi connectivity index (χ1) is 14.0. The molecule has 7 heteroatoms. The number of nitrogens with one attached hydrogen (secondary N) is 1. The number of ether oxygens (including phenoxy) is 1. The number of thiazole rings is 1. The molecule has 0 atom stereocenters. The lowest BCUT2D eigenvalue weighted by molar-refractivity contribution is -0.123. The number of nitrogens with zero attached hydrogens (tertiary/aromatic N) is 2. The summed E-state index contributed by atoms with van der Waals surface area (Å²) in [5.74, 6) is 0.235. The summed E-state index contributed by atoms with van der Waals surface area (Å²) in [6.07, 6.45) is 1.93. The van der Waals surface area contributed by atoms with E-state index in [1.54, 1.807) is 12.1 Å². The molecule has 4 rings (SSSR count). The van der Waals surface area contributed by atoms with Crippen molar-refractivity contribution in [2.24, 2.45) is 0 Å². The Balaban J connectivity index is 1.39. The Labute approximate surface area is 171 Å². The van der Waals surface area contributed by atoms with Crippen LogP contribution in [-0.4, -0.2) is 21.9 Å². The number of hydrogen-bond donors (Lipinski definition) is 1. The lowest BCUT2D eigenvalue weighted by Gasteiger charge is -2.07. The van der Waals surface area contributed by atoms with Gasteiger partial charge in [0, 0.05) is 22.3 Å². The van der Waals surface area contributed by atoms with Gasteiger partial charge < -0.3 is 10.1 Å². The van der Waals surface area contributed by atoms with Gasteiger partial charge in [0.15, 0.2) is 11.6 Å². The number of carbonyl (C=O) groups is 1. The van der Waals surface area contributed by atoms with Gasteiger partial charge in [0.2, 0.25) is 0 Å². The van der Waals surface area contributed by atoms with Crippen molar-refractivity contribution in [1.29, 1.82) is 0 Å². The van der Waals surface area contributed by atoms with Gasteiger partial charge in [0.1, 0.15) is 11.6 Å². The fraction of sp³-hybridized carbons (Fsp3) is 0.182. The summed E-state index contributed by atoms with van der Waals surface area (Å²) in [6, 6.07) is 13.9. The van der Waals surface area contributed by atoms with Crippen LogP contribution in [0.25, 0.3) is 16.2 Å². The minimum Gasteiger partial charge on any atom is -0.484 e. The maximum absolute atomic E-state index is 13.1. The number of amides is 1. The van der Waals surface area contributed by atoms with Crippen LogP contribution in [0.3, 0.4) is 0 Å². The zero-order chi connectivity index (χ0) is 20.4. The molecule has 0 unspecified atom stereocenters. The van der Waals surface area contributed by atoms with Gasteiger partial charge in [-0.1, -0.05) is 23.5 Å². The largest absolute Gasteiger partial charge is 0.484 e. The van der Waals surface area contributed by atoms with Crippen LogP contribution in [0, 0.1) is 19.7 Å². The minimum atomic E-state index is -0.268. The fourth-order valence-corrected chi connectivity index (χ4v) is 4.04. The average Bonchev–Trinajstić information content (AvgIpc) is 3.25. The van der Waals surface area contributed by atoms with Gasteiger partial charge in [0.05, 0.1) is 12.2 Å². The molecule has 2 heterocycles. The second-order valence-corrected chi connectivity index (χ2v) is 7.84. The number of rotatable bonds is 6. The molecule has 0 aliphatic heterocycles. The lowest BCUT2D eigenvalue weighted by Crippen LogP contribution is -2.28. The van der Waals surface area contributed by atoms with Crippen molar-refractivity contribution in [3.05, 3.63) is 76.7 Å². The number of aromatic nitrogens is 2. The highest BCUT2D eigenvalue weighted by Crippen LogP contribution is 2.27. The van der Waals surface area contributed by atoms with E-state index in [9.17, 15) is 9.18 Å². The number of carbonyl (C=O) groups excluding carboxylic acids is 1. The van der Waals surface area contributed by atoms with Crippen LogP contribution >= 0.6 is 11.3 Å². The van der Waals surface area contributed by atoms with Crippen LogP contribution in [0.5, 0.6) is 5.75 Å². The highest BCUT2D eigenvalue weighted by molar-refractivity contribution is 7.17. The molecule has 0 bridgehead atoms. The minimum absolute atomic E-state index is 0.0280. The summed E-state index contributed by atoms with van der Waals surface area (Å²) in [4.78, 5) is 18.6. The molecule has 5 nitrogen and oxygen atoms in total. The Morgan fingerprint density at radius 2 is 2.00 bits per heavy atom. The van der Waals surface area contributed by atoms with Crippen LogP contribution in [0.4, 0.5) is 4.39 Å². The van der Waals surface area contributed by atoms with E-state index in [4.69, 9.17) is 4.74 Å². The molecule has 1 amide bonds. The SMILES string of the molecule is Cc1cccc(OCC(=O)NCc2sc3nc(-c4ccc(F)cc4)cn3c2C)c1. The summed E-state index contributed by atoms with van der Waals surface area (Å²) in [6.45, 7) is 4.36. The van der Waals surface area contributed by atoms with E-state index in [0.29, 0.717) is 12.3 Å². The number of benzene rings is 2. The van der Waals surface area contributed by atoms with Gasteiger partial charge in [0.25, 0.3) is 5.91 Å². The first-order valence-electron chi connectivity index (χ1n) is 9.19. The van der Waals surface area contributed by atoms with Crippen molar-refractivity contribution in [3.8, 4) is 17.0 Å². The Hall–Kier alpha value is -3.19. The van der Waals surface area contributed by atoms with Gasteiger partial charge in [-0.2, -0.15) is 0 Å². The van der Waals surface area contributed by atoms with Crippen LogP contribution < -0.4 is 10.1 Å². The van der Waals surface area contributed by atoms with E-state index in [1.807, 2.05) is 48.7 Å². The molecule has 0 saturated carbocycles. The van der Waals surface area contributed by atoms with Crippen molar-refractivity contribution in [1.82, 2.24) is 14.7 Å². The van der Waals surface area contributed by atoms with E-state index in [0.717, 1.165) is 32.4 Å². The average molecular weight is 409 g/mol. The van der Waals surface area contributed by atoms with Crippen molar-refractivity contribution >= 4 is 22.2 Å². The van der Waals surface area contributed by atoms with Gasteiger partial charge in [-0.3, -0.25) is 9.20 Å². The third-order valence-electron chi connectivity index (χ3n) is 4.60. The normalized spacial score (nSPS) is 11.0. The molecule has 0 aliphatic carbocycles. The predicted molar refractivity (Wildman–Crippen MR) is 112 cm³/mol. The molecular weight excluding hydrogens is 389 g/mol. The Bertz CT molecular complexity index is 1160. The fourth-order valence-electron chi connectivity index (χ4n) is 3.00. The van der Waals surface area contributed by atoms with E-state index >= 15 is 0 Å². The van der Waals surface area contributed by atoms with Crippen LogP contribution in [-0.2, 0) is 11.3 Å². The second-order valence-electron chi connectivity index (χ2n) is 6.78. The smallest absolute Gasteiger partial charge is 0.258 e.